The summed E-state index contributed by atoms with van der Waals surface area (Å²) in [5.74, 6) is -0.0412. The molecule has 0 unspecified atom stereocenters. The van der Waals surface area contributed by atoms with Crippen LogP contribution in [0.4, 0.5) is 0 Å². The number of nitrogens with zero attached hydrogens (tertiary/aromatic N) is 2. The van der Waals surface area contributed by atoms with E-state index in [4.69, 9.17) is 19.7 Å². The van der Waals surface area contributed by atoms with Gasteiger partial charge in [-0.1, -0.05) is 162 Å². The first-order chi connectivity index (χ1) is 24.3. The van der Waals surface area contributed by atoms with Gasteiger partial charge in [0.05, 0.1) is 33.8 Å². The Bertz CT molecular complexity index is 704. The Labute approximate surface area is 311 Å². The Morgan fingerprint density at radius 3 is 1.40 bits per heavy atom. The Morgan fingerprint density at radius 1 is 0.620 bits per heavy atom. The summed E-state index contributed by atoms with van der Waals surface area (Å²) in [4.78, 5) is 23.1. The molecule has 0 rings (SSSR count). The summed E-state index contributed by atoms with van der Waals surface area (Å²) in [6.45, 7) is 13.0. The second-order valence-corrected chi connectivity index (χ2v) is 14.6. The van der Waals surface area contributed by atoms with E-state index in [1.165, 1.54) is 147 Å². The van der Waals surface area contributed by atoms with Crippen LogP contribution in [0.25, 0.3) is 0 Å². The van der Waals surface area contributed by atoms with Crippen molar-refractivity contribution in [1.82, 2.24) is 4.90 Å². The molecule has 0 aromatic rings. The number of likely N-dealkylation sites (N-methyl/N-ethyl adjacent to an activating group) is 1. The lowest BCUT2D eigenvalue weighted by molar-refractivity contribution is -0.890. The average molecular weight is 716 g/mol. The maximum absolute atomic E-state index is 12.4. The number of allylic oxidation sites excluding steroid dienone is 1. The molecule has 0 aromatic heterocycles. The van der Waals surface area contributed by atoms with Gasteiger partial charge in [-0.3, -0.25) is 9.59 Å². The van der Waals surface area contributed by atoms with Crippen LogP contribution in [0.3, 0.4) is 0 Å². The van der Waals surface area contributed by atoms with E-state index in [1.807, 2.05) is 0 Å². The molecule has 50 heavy (non-hydrogen) atoms. The number of carboxylic acid groups (broad SMARTS) is 1. The van der Waals surface area contributed by atoms with Crippen LogP contribution in [0.2, 0.25) is 0 Å². The van der Waals surface area contributed by atoms with E-state index in [9.17, 15) is 9.90 Å². The van der Waals surface area contributed by atoms with Crippen LogP contribution in [-0.2, 0) is 14.3 Å². The van der Waals surface area contributed by atoms with Crippen LogP contribution in [-0.4, -0.2) is 97.7 Å². The lowest BCUT2D eigenvalue weighted by Gasteiger charge is -2.31. The summed E-state index contributed by atoms with van der Waals surface area (Å²) in [5, 5.41) is 23.2. The van der Waals surface area contributed by atoms with Gasteiger partial charge in [0.15, 0.2) is 0 Å². The molecule has 0 radical (unpaired) electrons. The zero-order chi connectivity index (χ0) is 38.0. The van der Waals surface area contributed by atoms with Gasteiger partial charge in [-0.15, -0.1) is 0 Å². The summed E-state index contributed by atoms with van der Waals surface area (Å²) in [6, 6.07) is 0. The normalized spacial score (nSPS) is 10.9. The molecule has 3 N–H and O–H groups in total. The molecule has 0 spiro atoms. The molecule has 8 heteroatoms. The SMILES string of the molecule is C=C(CCC[N+](C)(C)CCO)N(CCCCCCCCCCCCCCC)CCOC(=O)CCCCCCCCCCCCC.CO.O=CO. The second kappa shape index (κ2) is 43.5. The lowest BCUT2D eigenvalue weighted by atomic mass is 10.0. The van der Waals surface area contributed by atoms with Gasteiger partial charge >= 0.3 is 5.97 Å². The maximum Gasteiger partial charge on any atom is 0.305 e. The minimum Gasteiger partial charge on any atom is -0.483 e. The fraction of sp³-hybridized carbons (Fsp3) is 0.905. The van der Waals surface area contributed by atoms with Crippen molar-refractivity contribution in [2.24, 2.45) is 0 Å². The van der Waals surface area contributed by atoms with E-state index in [1.54, 1.807) is 0 Å². The van der Waals surface area contributed by atoms with E-state index in [0.29, 0.717) is 13.0 Å². The number of unbranched alkanes of at least 4 members (excludes halogenated alkanes) is 22. The van der Waals surface area contributed by atoms with E-state index in [0.717, 1.165) is 63.5 Å². The van der Waals surface area contributed by atoms with Gasteiger partial charge in [0.1, 0.15) is 13.2 Å². The van der Waals surface area contributed by atoms with Gasteiger partial charge in [-0.25, -0.2) is 0 Å². The number of aliphatic hydroxyl groups is 2. The fourth-order valence-corrected chi connectivity index (χ4v) is 6.28. The number of rotatable bonds is 36. The molecule has 0 amide bonds. The maximum atomic E-state index is 12.4. The van der Waals surface area contributed by atoms with Crippen molar-refractivity contribution in [2.45, 2.75) is 187 Å². The minimum atomic E-state index is -0.250. The molecule has 0 aliphatic rings. The average Bonchev–Trinajstić information content (AvgIpc) is 3.09. The zero-order valence-electron chi connectivity index (χ0n) is 34.1. The van der Waals surface area contributed by atoms with Crippen LogP contribution in [0.5, 0.6) is 0 Å². The lowest BCUT2D eigenvalue weighted by Crippen LogP contribution is -2.42. The van der Waals surface area contributed by atoms with Gasteiger partial charge < -0.3 is 29.4 Å². The van der Waals surface area contributed by atoms with E-state index in [-0.39, 0.29) is 19.0 Å². The van der Waals surface area contributed by atoms with Crippen molar-refractivity contribution >= 4 is 12.4 Å². The summed E-state index contributed by atoms with van der Waals surface area (Å²) >= 11 is 0. The number of hydrogen-bond donors (Lipinski definition) is 3. The van der Waals surface area contributed by atoms with Crippen molar-refractivity contribution in [2.75, 3.05) is 60.6 Å². The third-order valence-corrected chi connectivity index (χ3v) is 9.52. The first-order valence-electron chi connectivity index (χ1n) is 20.8. The summed E-state index contributed by atoms with van der Waals surface area (Å²) in [7, 11) is 5.36. The number of hydrogen-bond acceptors (Lipinski definition) is 6. The van der Waals surface area contributed by atoms with Gasteiger partial charge in [0, 0.05) is 32.2 Å². The topological polar surface area (TPSA) is 107 Å². The monoisotopic (exact) mass is 716 g/mol. The summed E-state index contributed by atoms with van der Waals surface area (Å²) < 4.78 is 6.50. The molecule has 0 aromatic carbocycles. The standard InChI is InChI=1S/C40H81N2O3.CH2O2.CH4O/c1-6-8-10-12-14-16-18-19-21-23-25-27-29-33-41(39(3)31-30-35-42(4,5)36-37-43)34-38-45-40(44)32-28-26-24-22-20-17-15-13-11-9-7-2;2-1-3;1-2/h43H,3,6-38H2,1-2,4-5H3;1H,(H,2,3);2H,1H3/q+1;;. The molecule has 0 saturated carbocycles. The smallest absolute Gasteiger partial charge is 0.305 e. The Hall–Kier alpha value is -1.64. The van der Waals surface area contributed by atoms with Crippen LogP contribution >= 0.6 is 0 Å². The van der Waals surface area contributed by atoms with Gasteiger partial charge in [0.25, 0.3) is 6.47 Å². The molecule has 0 aliphatic heterocycles. The number of carbonyl (C=O) groups excluding carboxylic acids is 1. The van der Waals surface area contributed by atoms with Crippen molar-refractivity contribution in [1.29, 1.82) is 0 Å². The molecular formula is C42H87N2O6+. The number of carbonyl (C=O) groups is 2. The van der Waals surface area contributed by atoms with Crippen molar-refractivity contribution in [3.05, 3.63) is 12.3 Å². The number of aliphatic hydroxyl groups excluding tert-OH is 2. The second-order valence-electron chi connectivity index (χ2n) is 14.6. The molecule has 0 bridgehead atoms. The molecule has 0 fully saturated rings. The van der Waals surface area contributed by atoms with Crippen LogP contribution in [0, 0.1) is 0 Å². The molecule has 300 valence electrons. The Kier molecular flexibility index (Phi) is 45.9. The van der Waals surface area contributed by atoms with E-state index >= 15 is 0 Å². The van der Waals surface area contributed by atoms with Gasteiger partial charge in [-0.2, -0.15) is 0 Å². The van der Waals surface area contributed by atoms with Crippen LogP contribution in [0.1, 0.15) is 187 Å². The molecule has 0 saturated heterocycles. The number of quaternary nitrogens is 1. The quantitative estimate of drug-likeness (QED) is 0.0256. The molecule has 8 nitrogen and oxygen atoms in total. The predicted octanol–water partition coefficient (Wildman–Crippen LogP) is 10.3. The van der Waals surface area contributed by atoms with E-state index < -0.39 is 0 Å². The summed E-state index contributed by atoms with van der Waals surface area (Å²) in [6.07, 6.45) is 34.5. The first kappa shape index (κ1) is 52.7. The third kappa shape index (κ3) is 42.5. The molecule has 0 heterocycles. The highest BCUT2D eigenvalue weighted by atomic mass is 16.5. The highest BCUT2D eigenvalue weighted by Crippen LogP contribution is 2.16. The van der Waals surface area contributed by atoms with Crippen LogP contribution in [0.15, 0.2) is 12.3 Å². The minimum absolute atomic E-state index is 0.0412. The molecule has 0 aliphatic carbocycles. The number of esters is 1. The van der Waals surface area contributed by atoms with Crippen molar-refractivity contribution in [3.63, 3.8) is 0 Å². The number of ether oxygens (including phenoxy) is 1. The zero-order valence-corrected chi connectivity index (χ0v) is 34.1. The summed E-state index contributed by atoms with van der Waals surface area (Å²) in [5.41, 5.74) is 1.17. The Balaban J connectivity index is -0.00000417. The first-order valence-corrected chi connectivity index (χ1v) is 20.8. The van der Waals surface area contributed by atoms with E-state index in [2.05, 4.69) is 39.4 Å². The largest absolute Gasteiger partial charge is 0.483 e. The van der Waals surface area contributed by atoms with Gasteiger partial charge in [-0.05, 0) is 19.3 Å². The molecule has 0 atom stereocenters. The highest BCUT2D eigenvalue weighted by molar-refractivity contribution is 5.69. The fourth-order valence-electron chi connectivity index (χ4n) is 6.28. The molecular weight excluding hydrogens is 628 g/mol. The van der Waals surface area contributed by atoms with Gasteiger partial charge in [0.2, 0.25) is 0 Å². The third-order valence-electron chi connectivity index (χ3n) is 9.52. The Morgan fingerprint density at radius 2 is 1.00 bits per heavy atom. The van der Waals surface area contributed by atoms with Crippen molar-refractivity contribution in [3.8, 4) is 0 Å². The van der Waals surface area contributed by atoms with Crippen LogP contribution < -0.4 is 0 Å². The predicted molar refractivity (Wildman–Crippen MR) is 213 cm³/mol. The highest BCUT2D eigenvalue weighted by Gasteiger charge is 2.15. The van der Waals surface area contributed by atoms with Crippen molar-refractivity contribution < 1.29 is 34.1 Å².